The van der Waals surface area contributed by atoms with Gasteiger partial charge in [0.05, 0.1) is 5.70 Å². The predicted octanol–water partition coefficient (Wildman–Crippen LogP) is 0.224. The van der Waals surface area contributed by atoms with E-state index in [2.05, 4.69) is 12.2 Å². The highest BCUT2D eigenvalue weighted by molar-refractivity contribution is 5.26. The summed E-state index contributed by atoms with van der Waals surface area (Å²) in [6.45, 7) is 2.09. The van der Waals surface area contributed by atoms with Gasteiger partial charge in [-0.25, -0.2) is 0 Å². The highest BCUT2D eigenvalue weighted by Crippen LogP contribution is 2.07. The van der Waals surface area contributed by atoms with E-state index in [1.54, 1.807) is 0 Å². The van der Waals surface area contributed by atoms with E-state index < -0.39 is 0 Å². The lowest BCUT2D eigenvalue weighted by Gasteiger charge is -2.26. The first-order valence-electron chi connectivity index (χ1n) is 3.73. The van der Waals surface area contributed by atoms with Gasteiger partial charge in [-0.15, -0.1) is 0 Å². The van der Waals surface area contributed by atoms with Crippen LogP contribution in [0.3, 0.4) is 0 Å². The number of hydrogen-bond acceptors (Lipinski definition) is 3. The third kappa shape index (κ3) is 1.67. The summed E-state index contributed by atoms with van der Waals surface area (Å²) < 4.78 is 0. The van der Waals surface area contributed by atoms with Crippen molar-refractivity contribution in [3.05, 3.63) is 23.7 Å². The van der Waals surface area contributed by atoms with Crippen molar-refractivity contribution < 1.29 is 0 Å². The fraction of sp³-hybridized carbons (Fsp3) is 0.500. The first kappa shape index (κ1) is 7.98. The lowest BCUT2D eigenvalue weighted by molar-refractivity contribution is 0.439. The Morgan fingerprint density at radius 1 is 1.55 bits per heavy atom. The summed E-state index contributed by atoms with van der Waals surface area (Å²) in [6, 6.07) is 0.375. The molecule has 0 saturated carbocycles. The summed E-state index contributed by atoms with van der Waals surface area (Å²) in [4.78, 5) is 1.98. The zero-order chi connectivity index (χ0) is 8.43. The minimum atomic E-state index is 0.375. The number of nitrogens with zero attached hydrogens (tertiary/aromatic N) is 1. The highest BCUT2D eigenvalue weighted by Gasteiger charge is 2.10. The topological polar surface area (TPSA) is 41.3 Å². The summed E-state index contributed by atoms with van der Waals surface area (Å²) >= 11 is 0. The molecule has 11 heavy (non-hydrogen) atoms. The normalized spacial score (nSPS) is 23.4. The molecule has 3 heteroatoms. The largest absolute Gasteiger partial charge is 0.396 e. The molecule has 1 aliphatic heterocycles. The molecule has 0 aliphatic carbocycles. The van der Waals surface area contributed by atoms with E-state index in [1.807, 2.05) is 31.1 Å². The quantitative estimate of drug-likeness (QED) is 0.566. The smallest absolute Gasteiger partial charge is 0.125 e. The molecule has 1 rings (SSSR count). The lowest BCUT2D eigenvalue weighted by Crippen LogP contribution is -2.36. The zero-order valence-corrected chi connectivity index (χ0v) is 7.26. The Labute approximate surface area is 67.6 Å². The summed E-state index contributed by atoms with van der Waals surface area (Å²) in [5.41, 5.74) is 6.53. The van der Waals surface area contributed by atoms with Gasteiger partial charge in [-0.05, 0) is 13.0 Å². The van der Waals surface area contributed by atoms with Gasteiger partial charge in [0.2, 0.25) is 0 Å². The second-order valence-corrected chi connectivity index (χ2v) is 2.99. The van der Waals surface area contributed by atoms with Crippen LogP contribution >= 0.6 is 0 Å². The summed E-state index contributed by atoms with van der Waals surface area (Å²) in [7, 11) is 3.95. The van der Waals surface area contributed by atoms with Crippen molar-refractivity contribution in [2.45, 2.75) is 13.0 Å². The van der Waals surface area contributed by atoms with Crippen molar-refractivity contribution in [3.63, 3.8) is 0 Å². The first-order chi connectivity index (χ1) is 5.11. The van der Waals surface area contributed by atoms with Gasteiger partial charge in [-0.3, -0.25) is 0 Å². The molecule has 0 bridgehead atoms. The van der Waals surface area contributed by atoms with Gasteiger partial charge in [0.15, 0.2) is 0 Å². The molecule has 0 aromatic heterocycles. The van der Waals surface area contributed by atoms with E-state index in [1.165, 1.54) is 0 Å². The molecule has 1 unspecified atom stereocenters. The van der Waals surface area contributed by atoms with Crippen molar-refractivity contribution in [1.82, 2.24) is 10.2 Å². The van der Waals surface area contributed by atoms with Crippen LogP contribution in [-0.4, -0.2) is 25.0 Å². The average molecular weight is 153 g/mol. The third-order valence-corrected chi connectivity index (χ3v) is 1.65. The first-order valence-corrected chi connectivity index (χ1v) is 3.73. The maximum atomic E-state index is 5.73. The molecule has 1 atom stereocenters. The lowest BCUT2D eigenvalue weighted by atomic mass is 10.2. The summed E-state index contributed by atoms with van der Waals surface area (Å²) in [5.74, 6) is 1.00. The number of nitrogens with two attached hydrogens (primary N) is 1. The SMILES string of the molecule is CC1C=CC(N)=C(N(C)C)N1. The zero-order valence-electron chi connectivity index (χ0n) is 7.26. The molecule has 0 aromatic carbocycles. The van der Waals surface area contributed by atoms with E-state index in [4.69, 9.17) is 5.73 Å². The van der Waals surface area contributed by atoms with Gasteiger partial charge in [0.25, 0.3) is 0 Å². The standard InChI is InChI=1S/C8H15N3/c1-6-4-5-7(9)8(10-6)11(2)3/h4-6,10H,9H2,1-3H3. The van der Waals surface area contributed by atoms with Crippen molar-refractivity contribution in [2.75, 3.05) is 14.1 Å². The van der Waals surface area contributed by atoms with Crippen LogP contribution in [0.1, 0.15) is 6.92 Å². The van der Waals surface area contributed by atoms with Gasteiger partial charge in [-0.1, -0.05) is 6.08 Å². The monoisotopic (exact) mass is 153 g/mol. The van der Waals surface area contributed by atoms with Crippen LogP contribution in [-0.2, 0) is 0 Å². The molecular weight excluding hydrogens is 138 g/mol. The van der Waals surface area contributed by atoms with Gasteiger partial charge < -0.3 is 16.0 Å². The van der Waals surface area contributed by atoms with Crippen molar-refractivity contribution in [2.24, 2.45) is 5.73 Å². The average Bonchev–Trinajstić information content (AvgIpc) is 1.94. The van der Waals surface area contributed by atoms with Gasteiger partial charge in [-0.2, -0.15) is 0 Å². The summed E-state index contributed by atoms with van der Waals surface area (Å²) in [5, 5.41) is 3.26. The Hall–Kier alpha value is -1.12. The third-order valence-electron chi connectivity index (χ3n) is 1.65. The Bertz CT molecular complexity index is 203. The molecule has 1 aliphatic rings. The van der Waals surface area contributed by atoms with E-state index in [0.29, 0.717) is 6.04 Å². The summed E-state index contributed by atoms with van der Waals surface area (Å²) in [6.07, 6.45) is 3.98. The van der Waals surface area contributed by atoms with Gasteiger partial charge in [0.1, 0.15) is 5.82 Å². The molecule has 0 amide bonds. The Morgan fingerprint density at radius 3 is 2.64 bits per heavy atom. The van der Waals surface area contributed by atoms with E-state index in [9.17, 15) is 0 Å². The molecule has 0 spiro atoms. The molecule has 1 heterocycles. The van der Waals surface area contributed by atoms with Crippen LogP contribution in [0.4, 0.5) is 0 Å². The maximum absolute atomic E-state index is 5.73. The van der Waals surface area contributed by atoms with Crippen LogP contribution in [0.15, 0.2) is 23.7 Å². The van der Waals surface area contributed by atoms with Crippen LogP contribution in [0.2, 0.25) is 0 Å². The second kappa shape index (κ2) is 2.86. The van der Waals surface area contributed by atoms with E-state index in [-0.39, 0.29) is 0 Å². The Morgan fingerprint density at radius 2 is 2.18 bits per heavy atom. The number of hydrogen-bond donors (Lipinski definition) is 2. The Kier molecular flexibility index (Phi) is 2.08. The van der Waals surface area contributed by atoms with Crippen LogP contribution in [0, 0.1) is 0 Å². The van der Waals surface area contributed by atoms with Crippen LogP contribution in [0.5, 0.6) is 0 Å². The van der Waals surface area contributed by atoms with Crippen LogP contribution < -0.4 is 11.1 Å². The van der Waals surface area contributed by atoms with E-state index in [0.717, 1.165) is 11.5 Å². The molecular formula is C8H15N3. The van der Waals surface area contributed by atoms with E-state index >= 15 is 0 Å². The molecule has 3 nitrogen and oxygen atoms in total. The minimum absolute atomic E-state index is 0.375. The van der Waals surface area contributed by atoms with Gasteiger partial charge >= 0.3 is 0 Å². The van der Waals surface area contributed by atoms with Crippen molar-refractivity contribution in [1.29, 1.82) is 0 Å². The molecule has 0 fully saturated rings. The number of rotatable bonds is 1. The fourth-order valence-corrected chi connectivity index (χ4v) is 1.06. The molecule has 3 N–H and O–H groups in total. The fourth-order valence-electron chi connectivity index (χ4n) is 1.06. The minimum Gasteiger partial charge on any atom is -0.396 e. The molecule has 62 valence electrons. The molecule has 0 radical (unpaired) electrons. The number of nitrogens with one attached hydrogen (secondary N) is 1. The second-order valence-electron chi connectivity index (χ2n) is 2.99. The molecule has 0 aromatic rings. The number of dihydropyridines is 1. The van der Waals surface area contributed by atoms with Crippen molar-refractivity contribution >= 4 is 0 Å². The predicted molar refractivity (Wildman–Crippen MR) is 46.6 cm³/mol. The van der Waals surface area contributed by atoms with Gasteiger partial charge in [0, 0.05) is 20.1 Å². The highest BCUT2D eigenvalue weighted by atomic mass is 15.2. The molecule has 0 saturated heterocycles. The van der Waals surface area contributed by atoms with Crippen molar-refractivity contribution in [3.8, 4) is 0 Å². The number of allylic oxidation sites excluding steroid dienone is 1. The Balaban J connectivity index is 2.81. The maximum Gasteiger partial charge on any atom is 0.125 e. The van der Waals surface area contributed by atoms with Crippen LogP contribution in [0.25, 0.3) is 0 Å².